The molecular weight excluding hydrogens is 212 g/mol. The van der Waals surface area contributed by atoms with Crippen molar-refractivity contribution in [2.24, 2.45) is 17.3 Å². The maximum Gasteiger partial charge on any atom is 0.236 e. The summed E-state index contributed by atoms with van der Waals surface area (Å²) in [5.41, 5.74) is 0.465. The van der Waals surface area contributed by atoms with E-state index in [-0.39, 0.29) is 11.9 Å². The molecule has 2 N–H and O–H groups in total. The third-order valence-corrected chi connectivity index (χ3v) is 3.96. The Morgan fingerprint density at radius 2 is 1.76 bits per heavy atom. The van der Waals surface area contributed by atoms with Crippen LogP contribution in [0, 0.1) is 17.3 Å². The van der Waals surface area contributed by atoms with Gasteiger partial charge in [-0.25, -0.2) is 0 Å². The Morgan fingerprint density at radius 3 is 2.18 bits per heavy atom. The lowest BCUT2D eigenvalue weighted by Gasteiger charge is -2.23. The van der Waals surface area contributed by atoms with Crippen molar-refractivity contribution in [1.82, 2.24) is 10.6 Å². The molecule has 100 valence electrons. The number of nitrogens with one attached hydrogen (secondary N) is 2. The molecule has 3 nitrogen and oxygen atoms in total. The highest BCUT2D eigenvalue weighted by Crippen LogP contribution is 2.51. The molecule has 1 atom stereocenters. The number of carbonyl (C=O) groups is 1. The second-order valence-electron chi connectivity index (χ2n) is 6.26. The highest BCUT2D eigenvalue weighted by molar-refractivity contribution is 5.81. The third kappa shape index (κ3) is 4.30. The van der Waals surface area contributed by atoms with Gasteiger partial charge in [0.25, 0.3) is 0 Å². The van der Waals surface area contributed by atoms with Crippen LogP contribution in [0.4, 0.5) is 0 Å². The highest BCUT2D eigenvalue weighted by Gasteiger charge is 2.45. The van der Waals surface area contributed by atoms with E-state index in [1.54, 1.807) is 0 Å². The summed E-state index contributed by atoms with van der Waals surface area (Å²) in [5, 5.41) is 6.34. The zero-order valence-electron chi connectivity index (χ0n) is 12.0. The van der Waals surface area contributed by atoms with Gasteiger partial charge in [0.05, 0.1) is 6.04 Å². The molecule has 0 aromatic heterocycles. The minimum atomic E-state index is -0.0787. The largest absolute Gasteiger partial charge is 0.354 e. The molecule has 17 heavy (non-hydrogen) atoms. The highest BCUT2D eigenvalue weighted by atomic mass is 16.2. The summed E-state index contributed by atoms with van der Waals surface area (Å²) in [5.74, 6) is 1.34. The normalized spacial score (nSPS) is 19.5. The predicted molar refractivity (Wildman–Crippen MR) is 71.8 cm³/mol. The Bertz CT molecular complexity index is 257. The molecule has 3 heteroatoms. The van der Waals surface area contributed by atoms with E-state index in [0.29, 0.717) is 17.3 Å². The number of carbonyl (C=O) groups excluding carboxylic acids is 1. The van der Waals surface area contributed by atoms with Crippen LogP contribution in [-0.4, -0.2) is 25.0 Å². The Morgan fingerprint density at radius 1 is 1.18 bits per heavy atom. The molecular formula is C14H28N2O. The minimum absolute atomic E-state index is 0.0787. The molecule has 1 aliphatic rings. The smallest absolute Gasteiger partial charge is 0.236 e. The topological polar surface area (TPSA) is 41.1 Å². The van der Waals surface area contributed by atoms with Crippen molar-refractivity contribution in [3.63, 3.8) is 0 Å². The Labute approximate surface area is 106 Å². The van der Waals surface area contributed by atoms with Crippen LogP contribution in [0.15, 0.2) is 0 Å². The van der Waals surface area contributed by atoms with Crippen molar-refractivity contribution in [3.8, 4) is 0 Å². The van der Waals surface area contributed by atoms with E-state index < -0.39 is 0 Å². The van der Waals surface area contributed by atoms with Gasteiger partial charge < -0.3 is 10.6 Å². The van der Waals surface area contributed by atoms with Crippen molar-refractivity contribution in [2.45, 2.75) is 53.5 Å². The molecule has 0 aromatic carbocycles. The zero-order valence-corrected chi connectivity index (χ0v) is 12.0. The van der Waals surface area contributed by atoms with Gasteiger partial charge in [-0.05, 0) is 37.0 Å². The fourth-order valence-electron chi connectivity index (χ4n) is 2.03. The van der Waals surface area contributed by atoms with Gasteiger partial charge >= 0.3 is 0 Å². The number of hydrogen-bond donors (Lipinski definition) is 2. The van der Waals surface area contributed by atoms with Crippen LogP contribution in [0.3, 0.4) is 0 Å². The van der Waals surface area contributed by atoms with Crippen molar-refractivity contribution >= 4 is 5.91 Å². The fourth-order valence-corrected chi connectivity index (χ4v) is 2.03. The molecule has 0 aromatic rings. The van der Waals surface area contributed by atoms with E-state index in [9.17, 15) is 4.79 Å². The molecule has 1 aliphatic carbocycles. The van der Waals surface area contributed by atoms with Gasteiger partial charge in [0.1, 0.15) is 0 Å². The van der Waals surface area contributed by atoms with Gasteiger partial charge in [-0.3, -0.25) is 4.79 Å². The Kier molecular flexibility index (Phi) is 4.99. The van der Waals surface area contributed by atoms with E-state index in [1.165, 1.54) is 12.8 Å². The van der Waals surface area contributed by atoms with Gasteiger partial charge in [-0.1, -0.05) is 27.7 Å². The summed E-state index contributed by atoms with van der Waals surface area (Å²) in [4.78, 5) is 11.8. The van der Waals surface area contributed by atoms with Crippen molar-refractivity contribution in [2.75, 3.05) is 13.1 Å². The third-order valence-electron chi connectivity index (χ3n) is 3.96. The van der Waals surface area contributed by atoms with Crippen LogP contribution < -0.4 is 10.6 Å². The van der Waals surface area contributed by atoms with E-state index in [4.69, 9.17) is 0 Å². The molecule has 1 rings (SSSR count). The van der Waals surface area contributed by atoms with E-state index >= 15 is 0 Å². The average Bonchev–Trinajstić information content (AvgIpc) is 3.03. The summed E-state index contributed by atoms with van der Waals surface area (Å²) >= 11 is 0. The van der Waals surface area contributed by atoms with Crippen LogP contribution in [0.25, 0.3) is 0 Å². The monoisotopic (exact) mass is 240 g/mol. The molecule has 1 amide bonds. The molecule has 0 radical (unpaired) electrons. The standard InChI is InChI=1S/C14H28N2O/c1-10(2)8-15-13(17)12(5)16-9-14(6-7-14)11(3)4/h10-12,16H,6-9H2,1-5H3,(H,15,17). The summed E-state index contributed by atoms with van der Waals surface area (Å²) in [6, 6.07) is -0.0787. The number of rotatable bonds is 7. The van der Waals surface area contributed by atoms with Crippen molar-refractivity contribution in [3.05, 3.63) is 0 Å². The molecule has 0 aliphatic heterocycles. The first-order valence-electron chi connectivity index (χ1n) is 6.88. The summed E-state index contributed by atoms with van der Waals surface area (Å²) < 4.78 is 0. The second kappa shape index (κ2) is 5.85. The Hall–Kier alpha value is -0.570. The lowest BCUT2D eigenvalue weighted by molar-refractivity contribution is -0.123. The molecule has 0 saturated heterocycles. The maximum atomic E-state index is 11.8. The van der Waals surface area contributed by atoms with E-state index in [0.717, 1.165) is 13.1 Å². The fraction of sp³-hybridized carbons (Fsp3) is 0.929. The molecule has 1 saturated carbocycles. The van der Waals surface area contributed by atoms with Gasteiger partial charge in [-0.2, -0.15) is 0 Å². The summed E-state index contributed by atoms with van der Waals surface area (Å²) in [6.07, 6.45) is 2.61. The van der Waals surface area contributed by atoms with E-state index in [1.807, 2.05) is 6.92 Å². The van der Waals surface area contributed by atoms with E-state index in [2.05, 4.69) is 38.3 Å². The lowest BCUT2D eigenvalue weighted by Crippen LogP contribution is -2.45. The molecule has 0 spiro atoms. The average molecular weight is 240 g/mol. The first-order chi connectivity index (χ1) is 7.87. The Balaban J connectivity index is 2.25. The van der Waals surface area contributed by atoms with Crippen LogP contribution in [0.5, 0.6) is 0 Å². The molecule has 1 fully saturated rings. The summed E-state index contributed by atoms with van der Waals surface area (Å²) in [6.45, 7) is 12.5. The lowest BCUT2D eigenvalue weighted by atomic mass is 9.92. The second-order valence-corrected chi connectivity index (χ2v) is 6.26. The van der Waals surface area contributed by atoms with Gasteiger partial charge in [-0.15, -0.1) is 0 Å². The van der Waals surface area contributed by atoms with Gasteiger partial charge in [0.2, 0.25) is 5.91 Å². The number of hydrogen-bond acceptors (Lipinski definition) is 2. The van der Waals surface area contributed by atoms with Gasteiger partial charge in [0, 0.05) is 13.1 Å². The maximum absolute atomic E-state index is 11.8. The van der Waals surface area contributed by atoms with Crippen molar-refractivity contribution < 1.29 is 4.79 Å². The predicted octanol–water partition coefficient (Wildman–Crippen LogP) is 2.17. The summed E-state index contributed by atoms with van der Waals surface area (Å²) in [7, 11) is 0. The van der Waals surface area contributed by atoms with Crippen LogP contribution >= 0.6 is 0 Å². The molecule has 0 heterocycles. The SMILES string of the molecule is CC(C)CNC(=O)C(C)NCC1(C(C)C)CC1. The van der Waals surface area contributed by atoms with Crippen molar-refractivity contribution in [1.29, 1.82) is 0 Å². The first-order valence-corrected chi connectivity index (χ1v) is 6.88. The molecule has 1 unspecified atom stereocenters. The van der Waals surface area contributed by atoms with Crippen LogP contribution in [-0.2, 0) is 4.79 Å². The number of amides is 1. The zero-order chi connectivity index (χ0) is 13.1. The molecule has 0 bridgehead atoms. The quantitative estimate of drug-likeness (QED) is 0.716. The van der Waals surface area contributed by atoms with Crippen LogP contribution in [0.2, 0.25) is 0 Å². The minimum Gasteiger partial charge on any atom is -0.354 e. The van der Waals surface area contributed by atoms with Gasteiger partial charge in [0.15, 0.2) is 0 Å². The van der Waals surface area contributed by atoms with Crippen LogP contribution in [0.1, 0.15) is 47.5 Å². The first kappa shape index (κ1) is 14.5.